The van der Waals surface area contributed by atoms with Crippen molar-refractivity contribution in [1.82, 2.24) is 13.7 Å². The first-order valence-corrected chi connectivity index (χ1v) is 11.1. The molecule has 0 unspecified atom stereocenters. The van der Waals surface area contributed by atoms with Crippen LogP contribution >= 0.6 is 11.3 Å². The van der Waals surface area contributed by atoms with Crippen molar-refractivity contribution in [3.05, 3.63) is 62.0 Å². The summed E-state index contributed by atoms with van der Waals surface area (Å²) in [5, 5.41) is 13.2. The van der Waals surface area contributed by atoms with Crippen LogP contribution in [0.2, 0.25) is 0 Å². The molecule has 158 valence electrons. The minimum Gasteiger partial charge on any atom is -0.480 e. The summed E-state index contributed by atoms with van der Waals surface area (Å²) in [6.45, 7) is 0.718. The Balaban J connectivity index is 1.60. The van der Waals surface area contributed by atoms with E-state index in [4.69, 9.17) is 9.47 Å². The van der Waals surface area contributed by atoms with E-state index < -0.39 is 20.6 Å². The normalized spacial score (nSPS) is 15.3. The van der Waals surface area contributed by atoms with E-state index in [1.165, 1.54) is 38.2 Å². The van der Waals surface area contributed by atoms with Gasteiger partial charge >= 0.3 is 5.69 Å². The summed E-state index contributed by atoms with van der Waals surface area (Å²) < 4.78 is 38.8. The molecule has 1 saturated heterocycles. The van der Waals surface area contributed by atoms with Crippen molar-refractivity contribution in [1.29, 1.82) is 0 Å². The van der Waals surface area contributed by atoms with Crippen LogP contribution in [0.1, 0.15) is 5.69 Å². The Morgan fingerprint density at radius 2 is 2.03 bits per heavy atom. The molecule has 1 fully saturated rings. The Bertz CT molecular complexity index is 1260. The lowest BCUT2D eigenvalue weighted by atomic mass is 10.3. The van der Waals surface area contributed by atoms with E-state index in [1.54, 1.807) is 11.6 Å². The quantitative estimate of drug-likeness (QED) is 0.403. The molecule has 3 aromatic rings. The molecule has 0 amide bonds. The molecule has 13 heteroatoms. The Labute approximate surface area is 174 Å². The molecule has 0 aliphatic carbocycles. The molecular formula is C17H16N4O7S2. The van der Waals surface area contributed by atoms with Crippen LogP contribution < -0.4 is 10.3 Å². The lowest BCUT2D eigenvalue weighted by Crippen LogP contribution is -2.40. The van der Waals surface area contributed by atoms with Gasteiger partial charge in [0.1, 0.15) is 6.61 Å². The Morgan fingerprint density at radius 1 is 1.27 bits per heavy atom. The fraction of sp³-hybridized carbons (Fsp3) is 0.294. The van der Waals surface area contributed by atoms with Crippen molar-refractivity contribution in [3.8, 4) is 5.75 Å². The van der Waals surface area contributed by atoms with Crippen LogP contribution in [-0.4, -0.2) is 53.3 Å². The van der Waals surface area contributed by atoms with E-state index in [2.05, 4.69) is 4.98 Å². The van der Waals surface area contributed by atoms with Gasteiger partial charge in [0.2, 0.25) is 10.0 Å². The molecular weight excluding hydrogens is 436 g/mol. The molecule has 0 atom stereocenters. The maximum absolute atomic E-state index is 12.8. The number of ether oxygens (including phenoxy) is 2. The van der Waals surface area contributed by atoms with Gasteiger partial charge in [-0.05, 0) is 12.1 Å². The van der Waals surface area contributed by atoms with Gasteiger partial charge < -0.3 is 9.47 Å². The second-order valence-corrected chi connectivity index (χ2v) is 9.14. The van der Waals surface area contributed by atoms with Gasteiger partial charge in [-0.2, -0.15) is 4.31 Å². The van der Waals surface area contributed by atoms with Gasteiger partial charge in [-0.15, -0.1) is 11.3 Å². The first-order valence-electron chi connectivity index (χ1n) is 8.81. The van der Waals surface area contributed by atoms with Gasteiger partial charge in [0, 0.05) is 36.8 Å². The first kappa shape index (κ1) is 20.4. The average molecular weight is 452 g/mol. The number of benzene rings is 1. The summed E-state index contributed by atoms with van der Waals surface area (Å²) >= 11 is 1.27. The van der Waals surface area contributed by atoms with E-state index in [0.717, 1.165) is 6.07 Å². The second kappa shape index (κ2) is 8.10. The third-order valence-electron chi connectivity index (χ3n) is 4.47. The molecule has 1 aliphatic rings. The number of nitro benzene ring substituents is 1. The maximum Gasteiger partial charge on any atom is 0.312 e. The molecule has 0 N–H and O–H groups in total. The molecule has 11 nitrogen and oxygen atoms in total. The number of aromatic nitrogens is 2. The van der Waals surface area contributed by atoms with E-state index >= 15 is 0 Å². The summed E-state index contributed by atoms with van der Waals surface area (Å²) in [5.74, 6) is -0.117. The number of fused-ring (bicyclic) bond motifs is 1. The molecule has 1 aliphatic heterocycles. The summed E-state index contributed by atoms with van der Waals surface area (Å²) in [4.78, 5) is 27.4. The predicted octanol–water partition coefficient (Wildman–Crippen LogP) is 1.26. The van der Waals surface area contributed by atoms with E-state index in [1.807, 2.05) is 0 Å². The van der Waals surface area contributed by atoms with Gasteiger partial charge in [-0.25, -0.2) is 13.4 Å². The highest BCUT2D eigenvalue weighted by Crippen LogP contribution is 2.31. The van der Waals surface area contributed by atoms with Crippen molar-refractivity contribution >= 4 is 32.0 Å². The zero-order valence-electron chi connectivity index (χ0n) is 15.5. The zero-order valence-corrected chi connectivity index (χ0v) is 17.1. The Morgan fingerprint density at radius 3 is 2.77 bits per heavy atom. The van der Waals surface area contributed by atoms with Crippen LogP contribution in [0, 0.1) is 10.1 Å². The zero-order chi connectivity index (χ0) is 21.3. The number of morpholine rings is 1. The second-order valence-electron chi connectivity index (χ2n) is 6.33. The molecule has 4 rings (SSSR count). The van der Waals surface area contributed by atoms with Crippen LogP contribution in [0.4, 0.5) is 5.69 Å². The van der Waals surface area contributed by atoms with Gasteiger partial charge in [0.15, 0.2) is 10.7 Å². The smallest absolute Gasteiger partial charge is 0.312 e. The standard InChI is InChI=1S/C17H16N4O7S2/c22-16-9-12(18-17-20(16)5-8-29-17)11-28-15-2-1-13(10-14(15)21(23)24)30(25,26)19-3-6-27-7-4-19/h1-2,5,8-10H,3-4,6-7,11H2. The van der Waals surface area contributed by atoms with Gasteiger partial charge in [-0.3, -0.25) is 19.3 Å². The summed E-state index contributed by atoms with van der Waals surface area (Å²) in [5.41, 5.74) is -0.471. The SMILES string of the molecule is O=c1cc(COc2ccc(S(=O)(=O)N3CCOCC3)cc2[N+](=O)[O-])nc2sccn12. The molecule has 0 bridgehead atoms. The van der Waals surface area contributed by atoms with Crippen molar-refractivity contribution in [2.24, 2.45) is 0 Å². The number of nitro groups is 1. The molecule has 0 spiro atoms. The predicted molar refractivity (Wildman–Crippen MR) is 106 cm³/mol. The Hall–Kier alpha value is -2.87. The summed E-state index contributed by atoms with van der Waals surface area (Å²) in [6.07, 6.45) is 1.60. The number of hydrogen-bond donors (Lipinski definition) is 0. The van der Waals surface area contributed by atoms with E-state index in [9.17, 15) is 23.3 Å². The molecule has 2 aromatic heterocycles. The van der Waals surface area contributed by atoms with E-state index in [-0.39, 0.29) is 49.1 Å². The van der Waals surface area contributed by atoms with Crippen LogP contribution in [0.15, 0.2) is 45.5 Å². The molecule has 0 saturated carbocycles. The number of sulfonamides is 1. The first-order chi connectivity index (χ1) is 14.4. The number of rotatable bonds is 6. The summed E-state index contributed by atoms with van der Waals surface area (Å²) in [7, 11) is -3.89. The van der Waals surface area contributed by atoms with Crippen LogP contribution in [0.5, 0.6) is 5.75 Å². The van der Waals surface area contributed by atoms with Crippen molar-refractivity contribution < 1.29 is 22.8 Å². The van der Waals surface area contributed by atoms with Crippen LogP contribution in [0.25, 0.3) is 4.96 Å². The highest BCUT2D eigenvalue weighted by molar-refractivity contribution is 7.89. The molecule has 1 aromatic carbocycles. The monoisotopic (exact) mass is 452 g/mol. The highest BCUT2D eigenvalue weighted by atomic mass is 32.2. The van der Waals surface area contributed by atoms with Gasteiger partial charge in [-0.1, -0.05) is 0 Å². The molecule has 30 heavy (non-hydrogen) atoms. The number of thiazole rings is 1. The molecule has 3 heterocycles. The van der Waals surface area contributed by atoms with Crippen molar-refractivity contribution in [2.45, 2.75) is 11.5 Å². The minimum absolute atomic E-state index is 0.117. The van der Waals surface area contributed by atoms with E-state index in [0.29, 0.717) is 10.7 Å². The fourth-order valence-electron chi connectivity index (χ4n) is 2.97. The number of nitrogens with zero attached hydrogens (tertiary/aromatic N) is 4. The number of hydrogen-bond acceptors (Lipinski definition) is 9. The maximum atomic E-state index is 12.8. The highest BCUT2D eigenvalue weighted by Gasteiger charge is 2.29. The summed E-state index contributed by atoms with van der Waals surface area (Å²) in [6, 6.07) is 4.76. The topological polar surface area (TPSA) is 133 Å². The van der Waals surface area contributed by atoms with Gasteiger partial charge in [0.05, 0.1) is 28.7 Å². The lowest BCUT2D eigenvalue weighted by Gasteiger charge is -2.26. The minimum atomic E-state index is -3.89. The van der Waals surface area contributed by atoms with Gasteiger partial charge in [0.25, 0.3) is 5.56 Å². The lowest BCUT2D eigenvalue weighted by molar-refractivity contribution is -0.386. The Kier molecular flexibility index (Phi) is 5.51. The van der Waals surface area contributed by atoms with Crippen molar-refractivity contribution in [2.75, 3.05) is 26.3 Å². The third kappa shape index (κ3) is 3.92. The molecule has 0 radical (unpaired) electrons. The fourth-order valence-corrected chi connectivity index (χ4v) is 5.14. The van der Waals surface area contributed by atoms with Crippen molar-refractivity contribution in [3.63, 3.8) is 0 Å². The van der Waals surface area contributed by atoms with Crippen LogP contribution in [0.3, 0.4) is 0 Å². The van der Waals surface area contributed by atoms with Crippen LogP contribution in [-0.2, 0) is 21.4 Å². The third-order valence-corrected chi connectivity index (χ3v) is 7.12. The largest absolute Gasteiger partial charge is 0.480 e. The average Bonchev–Trinajstić information content (AvgIpc) is 3.22.